The second kappa shape index (κ2) is 19.5. The first-order valence-electron chi connectivity index (χ1n) is 19.2. The van der Waals surface area contributed by atoms with Crippen LogP contribution in [0.1, 0.15) is 95.2 Å². The highest BCUT2D eigenvalue weighted by Gasteiger charge is 2.43. The molecule has 3 N–H and O–H groups in total. The Morgan fingerprint density at radius 2 is 1.38 bits per heavy atom. The van der Waals surface area contributed by atoms with Crippen molar-refractivity contribution in [2.45, 2.75) is 106 Å². The number of carbonyl (C=O) groups is 1. The van der Waals surface area contributed by atoms with E-state index in [1.807, 2.05) is 43.4 Å². The van der Waals surface area contributed by atoms with E-state index >= 15 is 0 Å². The van der Waals surface area contributed by atoms with Gasteiger partial charge in [-0.3, -0.25) is 13.9 Å². The summed E-state index contributed by atoms with van der Waals surface area (Å²) in [4.78, 5) is 12.9. The van der Waals surface area contributed by atoms with Crippen LogP contribution in [0.3, 0.4) is 0 Å². The first-order valence-corrected chi connectivity index (χ1v) is 22.0. The molecule has 1 aliphatic carbocycles. The molecule has 2 aromatic rings. The Balaban J connectivity index is 1.68. The molecule has 0 amide bonds. The van der Waals surface area contributed by atoms with Crippen LogP contribution in [-0.2, 0) is 51.8 Å². The van der Waals surface area contributed by atoms with E-state index in [1.54, 1.807) is 38.5 Å². The van der Waals surface area contributed by atoms with E-state index in [0.29, 0.717) is 45.4 Å². The van der Waals surface area contributed by atoms with Gasteiger partial charge >= 0.3 is 5.97 Å². The van der Waals surface area contributed by atoms with Crippen LogP contribution < -0.4 is 4.90 Å². The van der Waals surface area contributed by atoms with Crippen molar-refractivity contribution in [3.05, 3.63) is 112 Å². The maximum Gasteiger partial charge on any atom is 0.303 e. The number of anilines is 1. The number of carboxylic acid groups (broad SMARTS) is 1. The second-order valence-corrected chi connectivity index (χ2v) is 17.7. The lowest BCUT2D eigenvalue weighted by atomic mass is 9.71. The smallest absolute Gasteiger partial charge is 0.303 e. The molecule has 0 spiro atoms. The lowest BCUT2D eigenvalue weighted by Gasteiger charge is -2.34. The second-order valence-electron chi connectivity index (χ2n) is 14.8. The summed E-state index contributed by atoms with van der Waals surface area (Å²) in [5, 5.41) is 9.04. The fraction of sp³-hybridized carbons (Fsp3) is 0.465. The van der Waals surface area contributed by atoms with Gasteiger partial charge in [0.15, 0.2) is 0 Å². The van der Waals surface area contributed by atoms with Gasteiger partial charge in [0.05, 0.1) is 9.79 Å². The quantitative estimate of drug-likeness (QED) is 0.0666. The summed E-state index contributed by atoms with van der Waals surface area (Å²) in [5.41, 5.74) is 5.65. The molecule has 0 saturated heterocycles. The summed E-state index contributed by atoms with van der Waals surface area (Å²) in [6.07, 6.45) is 20.7. The molecule has 1 aliphatic heterocycles. The molecule has 56 heavy (non-hydrogen) atoms. The molecule has 2 unspecified atom stereocenters. The van der Waals surface area contributed by atoms with E-state index in [-0.39, 0.29) is 16.2 Å². The van der Waals surface area contributed by atoms with Crippen LogP contribution in [0.4, 0.5) is 5.69 Å². The molecule has 13 heteroatoms. The third-order valence-electron chi connectivity index (χ3n) is 11.2. The third-order valence-corrected chi connectivity index (χ3v) is 12.9. The molecule has 2 atom stereocenters. The Morgan fingerprint density at radius 1 is 0.786 bits per heavy atom. The highest BCUT2D eigenvalue weighted by atomic mass is 32.2. The number of allylic oxidation sites excluding steroid dienone is 10. The van der Waals surface area contributed by atoms with Gasteiger partial charge in [-0.25, -0.2) is 0 Å². The van der Waals surface area contributed by atoms with Gasteiger partial charge in [-0.05, 0) is 117 Å². The lowest BCUT2D eigenvalue weighted by molar-refractivity contribution is -0.137. The molecule has 2 aromatic carbocycles. The van der Waals surface area contributed by atoms with Crippen molar-refractivity contribution in [3.8, 4) is 0 Å². The number of benzene rings is 2. The van der Waals surface area contributed by atoms with Crippen LogP contribution in [0, 0.1) is 0 Å². The number of aryl methyl sites for hydroxylation is 1. The number of aliphatic carboxylic acids is 1. The van der Waals surface area contributed by atoms with Crippen molar-refractivity contribution in [1.82, 2.24) is 0 Å². The molecular weight excluding hydrogens is 755 g/mol. The van der Waals surface area contributed by atoms with Gasteiger partial charge in [0.2, 0.25) is 0 Å². The lowest BCUT2D eigenvalue weighted by Crippen LogP contribution is -2.29. The van der Waals surface area contributed by atoms with Gasteiger partial charge in [0.25, 0.3) is 20.2 Å². The Labute approximate surface area is 333 Å². The summed E-state index contributed by atoms with van der Waals surface area (Å²) in [6, 6.07) is 9.57. The normalized spacial score (nSPS) is 21.1. The van der Waals surface area contributed by atoms with Crippen molar-refractivity contribution in [2.75, 3.05) is 38.9 Å². The third kappa shape index (κ3) is 10.8. The number of unbranched alkanes of at least 4 members (excludes halogenated alkanes) is 3. The van der Waals surface area contributed by atoms with Gasteiger partial charge in [0.1, 0.15) is 0 Å². The Hall–Kier alpha value is -3.85. The standard InChI is InChI=1S/C43H57NO10S2/c1-6-44-39-25-24-35(56(50,51)52)31-38(39)43(3,27-29-54-5)40(44)18-14-9-7-8-13-17-36-32(16-12-10-11-15-19-41(45)46)20-21-33-22-23-34(55(47,48)49)30-37(33)42(36,2)26-28-53-4/h7-9,13-14,17-18,22-25,30-31H,6,10-12,15-16,19-21,26-29H2,1-5H3,(H,45,46)(H,47,48,49)(H,50,51,52)/b8-7+,14-9+,17-13+,40-18+. The van der Waals surface area contributed by atoms with E-state index < -0.39 is 37.0 Å². The number of rotatable bonds is 20. The van der Waals surface area contributed by atoms with Crippen molar-refractivity contribution < 1.29 is 45.3 Å². The van der Waals surface area contributed by atoms with Crippen LogP contribution in [0.25, 0.3) is 0 Å². The van der Waals surface area contributed by atoms with E-state index in [1.165, 1.54) is 17.7 Å². The molecule has 1 heterocycles. The summed E-state index contributed by atoms with van der Waals surface area (Å²) in [5.74, 6) is -0.788. The molecule has 2 aliphatic rings. The molecule has 306 valence electrons. The van der Waals surface area contributed by atoms with Crippen LogP contribution >= 0.6 is 0 Å². The zero-order valence-electron chi connectivity index (χ0n) is 33.2. The molecule has 0 bridgehead atoms. The molecule has 0 radical (unpaired) electrons. The fourth-order valence-corrected chi connectivity index (χ4v) is 9.11. The Morgan fingerprint density at radius 3 is 2.00 bits per heavy atom. The minimum atomic E-state index is -4.43. The van der Waals surface area contributed by atoms with E-state index in [2.05, 4.69) is 24.8 Å². The number of ether oxygens (including phenoxy) is 2. The number of carboxylic acids is 1. The first-order chi connectivity index (χ1) is 26.5. The SMILES string of the molecule is CCN1/C(=C/C=C/C=C/C=C/C2=C(CCCCCCC(=O)O)CCc3ccc(S(=O)(=O)O)cc3C2(C)CCOC)C(C)(CCOC)c2cc(S(=O)(=O)O)ccc21. The molecular formula is C43H57NO10S2. The van der Waals surface area contributed by atoms with Crippen LogP contribution in [0.15, 0.2) is 106 Å². The highest BCUT2D eigenvalue weighted by molar-refractivity contribution is 7.86. The summed E-state index contributed by atoms with van der Waals surface area (Å²) in [6.45, 7) is 7.71. The minimum Gasteiger partial charge on any atom is -0.481 e. The Bertz CT molecular complexity index is 2100. The number of methoxy groups -OCH3 is 2. The van der Waals surface area contributed by atoms with E-state index in [0.717, 1.165) is 65.8 Å². The Kier molecular flexibility index (Phi) is 15.6. The zero-order chi connectivity index (χ0) is 41.1. The van der Waals surface area contributed by atoms with E-state index in [9.17, 15) is 30.7 Å². The summed E-state index contributed by atoms with van der Waals surface area (Å²) < 4.78 is 79.3. The maximum absolute atomic E-state index is 12.3. The highest BCUT2D eigenvalue weighted by Crippen LogP contribution is 2.50. The number of hydrogen-bond donors (Lipinski definition) is 3. The van der Waals surface area contributed by atoms with Crippen molar-refractivity contribution >= 4 is 31.9 Å². The molecule has 11 nitrogen and oxygen atoms in total. The van der Waals surface area contributed by atoms with Gasteiger partial charge < -0.3 is 19.5 Å². The number of likely N-dealkylation sites (N-methyl/N-ethyl adjacent to an activating group) is 1. The summed E-state index contributed by atoms with van der Waals surface area (Å²) in [7, 11) is -5.55. The van der Waals surface area contributed by atoms with Gasteiger partial charge in [0, 0.05) is 62.6 Å². The minimum absolute atomic E-state index is 0.145. The average molecular weight is 812 g/mol. The monoisotopic (exact) mass is 811 g/mol. The predicted octanol–water partition coefficient (Wildman–Crippen LogP) is 8.53. The molecule has 0 aromatic heterocycles. The molecule has 4 rings (SSSR count). The first kappa shape index (κ1) is 44.9. The largest absolute Gasteiger partial charge is 0.481 e. The van der Waals surface area contributed by atoms with Crippen molar-refractivity contribution in [3.63, 3.8) is 0 Å². The van der Waals surface area contributed by atoms with Gasteiger partial charge in [-0.1, -0.05) is 67.9 Å². The van der Waals surface area contributed by atoms with Crippen LogP contribution in [0.5, 0.6) is 0 Å². The number of hydrogen-bond acceptors (Lipinski definition) is 8. The number of fused-ring (bicyclic) bond motifs is 2. The fourth-order valence-electron chi connectivity index (χ4n) is 8.10. The van der Waals surface area contributed by atoms with Crippen LogP contribution in [0.2, 0.25) is 0 Å². The van der Waals surface area contributed by atoms with Crippen molar-refractivity contribution in [2.24, 2.45) is 0 Å². The predicted molar refractivity (Wildman–Crippen MR) is 219 cm³/mol. The molecule has 0 fully saturated rings. The molecule has 0 saturated carbocycles. The van der Waals surface area contributed by atoms with E-state index in [4.69, 9.17) is 14.6 Å². The maximum atomic E-state index is 12.3. The topological polar surface area (TPSA) is 168 Å². The van der Waals surface area contributed by atoms with Gasteiger partial charge in [-0.2, -0.15) is 16.8 Å². The van der Waals surface area contributed by atoms with Crippen LogP contribution in [-0.4, -0.2) is 71.0 Å². The number of nitrogens with zero attached hydrogens (tertiary/aromatic N) is 1. The summed E-state index contributed by atoms with van der Waals surface area (Å²) >= 11 is 0. The average Bonchev–Trinajstić information content (AvgIpc) is 3.31. The van der Waals surface area contributed by atoms with Gasteiger partial charge in [-0.15, -0.1) is 0 Å². The zero-order valence-corrected chi connectivity index (χ0v) is 34.8. The van der Waals surface area contributed by atoms with Crippen molar-refractivity contribution in [1.29, 1.82) is 0 Å².